The zero-order valence-electron chi connectivity index (χ0n) is 11.3. The Balaban J connectivity index is 2.23. The van der Waals surface area contributed by atoms with Crippen molar-refractivity contribution in [3.8, 4) is 0 Å². The lowest BCUT2D eigenvalue weighted by Crippen LogP contribution is -2.33. The van der Waals surface area contributed by atoms with Crippen LogP contribution < -0.4 is 5.73 Å². The maximum atomic E-state index is 12.0. The zero-order valence-corrected chi connectivity index (χ0v) is 11.3. The minimum absolute atomic E-state index is 0.0729. The third kappa shape index (κ3) is 2.20. The molecule has 2 rings (SSSR count). The number of aryl methyl sites for hydroxylation is 2. The van der Waals surface area contributed by atoms with Gasteiger partial charge in [-0.05, 0) is 30.5 Å². The van der Waals surface area contributed by atoms with Crippen LogP contribution in [0.2, 0.25) is 0 Å². The number of nitrogens with zero attached hydrogens (tertiary/aromatic N) is 2. The Morgan fingerprint density at radius 3 is 2.67 bits per heavy atom. The summed E-state index contributed by atoms with van der Waals surface area (Å²) in [5.41, 5.74) is 9.29. The highest BCUT2D eigenvalue weighted by Crippen LogP contribution is 2.28. The van der Waals surface area contributed by atoms with E-state index in [1.54, 1.807) is 4.90 Å². The zero-order chi connectivity index (χ0) is 13.3. The molecule has 0 saturated carbocycles. The molecular formula is C14H21N3O. The molecule has 0 aliphatic carbocycles. The first-order valence-electron chi connectivity index (χ1n) is 6.33. The van der Waals surface area contributed by atoms with Gasteiger partial charge >= 0.3 is 6.03 Å². The molecular weight excluding hydrogens is 226 g/mol. The molecule has 0 spiro atoms. The lowest BCUT2D eigenvalue weighted by atomic mass is 10.0. The van der Waals surface area contributed by atoms with Crippen LogP contribution in [0.5, 0.6) is 0 Å². The first-order chi connectivity index (χ1) is 8.54. The third-order valence-corrected chi connectivity index (χ3v) is 3.75. The van der Waals surface area contributed by atoms with Crippen molar-refractivity contribution in [2.75, 3.05) is 26.7 Å². The third-order valence-electron chi connectivity index (χ3n) is 3.75. The summed E-state index contributed by atoms with van der Waals surface area (Å²) in [6.07, 6.45) is 0. The van der Waals surface area contributed by atoms with E-state index in [9.17, 15) is 4.79 Å². The molecule has 1 aliphatic heterocycles. The highest BCUT2D eigenvalue weighted by Gasteiger charge is 2.34. The highest BCUT2D eigenvalue weighted by atomic mass is 16.2. The Labute approximate surface area is 108 Å². The predicted octanol–water partition coefficient (Wildman–Crippen LogP) is 1.67. The van der Waals surface area contributed by atoms with Crippen molar-refractivity contribution in [1.82, 2.24) is 9.80 Å². The van der Waals surface area contributed by atoms with Gasteiger partial charge in [-0.25, -0.2) is 4.79 Å². The molecule has 0 radical (unpaired) electrons. The van der Waals surface area contributed by atoms with Gasteiger partial charge in [-0.15, -0.1) is 0 Å². The van der Waals surface area contributed by atoms with Gasteiger partial charge in [0.15, 0.2) is 0 Å². The molecule has 1 aliphatic rings. The molecule has 1 aromatic rings. The van der Waals surface area contributed by atoms with Gasteiger partial charge in [0.05, 0.1) is 6.04 Å². The Bertz CT molecular complexity index is 458. The van der Waals surface area contributed by atoms with E-state index in [2.05, 4.69) is 32.0 Å². The molecule has 1 aromatic carbocycles. The number of carbonyl (C=O) groups excluding carboxylic acids is 1. The van der Waals surface area contributed by atoms with Gasteiger partial charge in [0, 0.05) is 26.7 Å². The molecule has 2 amide bonds. The summed E-state index contributed by atoms with van der Waals surface area (Å²) in [7, 11) is 1.86. The number of nitrogens with two attached hydrogens (primary N) is 1. The van der Waals surface area contributed by atoms with Crippen LogP contribution in [0.1, 0.15) is 22.7 Å². The Morgan fingerprint density at radius 1 is 1.33 bits per heavy atom. The summed E-state index contributed by atoms with van der Waals surface area (Å²) < 4.78 is 0. The number of likely N-dealkylation sites (N-methyl/N-ethyl adjacent to an activating group) is 1. The SMILES string of the molecule is Cc1ccc(C2CN(CCN)C(=O)N2C)cc1C. The topological polar surface area (TPSA) is 49.6 Å². The second-order valence-electron chi connectivity index (χ2n) is 4.99. The summed E-state index contributed by atoms with van der Waals surface area (Å²) in [5.74, 6) is 0. The standard InChI is InChI=1S/C14H21N3O/c1-10-4-5-12(8-11(10)2)13-9-17(7-6-15)14(18)16(13)3/h4-5,8,13H,6-7,9,15H2,1-3H3. The fourth-order valence-corrected chi connectivity index (χ4v) is 2.41. The molecule has 1 unspecified atom stereocenters. The normalized spacial score (nSPS) is 19.8. The van der Waals surface area contributed by atoms with Crippen LogP contribution >= 0.6 is 0 Å². The van der Waals surface area contributed by atoms with Gasteiger partial charge in [0.1, 0.15) is 0 Å². The summed E-state index contributed by atoms with van der Waals surface area (Å²) in [6.45, 7) is 6.08. The molecule has 4 heteroatoms. The Hall–Kier alpha value is -1.55. The van der Waals surface area contributed by atoms with Crippen molar-refractivity contribution < 1.29 is 4.79 Å². The number of benzene rings is 1. The molecule has 4 nitrogen and oxygen atoms in total. The van der Waals surface area contributed by atoms with E-state index >= 15 is 0 Å². The van der Waals surface area contributed by atoms with Crippen molar-refractivity contribution in [1.29, 1.82) is 0 Å². The first kappa shape index (κ1) is 12.9. The van der Waals surface area contributed by atoms with E-state index in [1.165, 1.54) is 16.7 Å². The second kappa shape index (κ2) is 4.98. The fourth-order valence-electron chi connectivity index (χ4n) is 2.41. The monoisotopic (exact) mass is 247 g/mol. The maximum absolute atomic E-state index is 12.0. The van der Waals surface area contributed by atoms with Crippen LogP contribution in [-0.4, -0.2) is 42.5 Å². The van der Waals surface area contributed by atoms with E-state index in [4.69, 9.17) is 5.73 Å². The molecule has 98 valence electrons. The molecule has 2 N–H and O–H groups in total. The van der Waals surface area contributed by atoms with E-state index in [0.717, 1.165) is 6.54 Å². The Kier molecular flexibility index (Phi) is 3.57. The average Bonchev–Trinajstić information content (AvgIpc) is 2.62. The molecule has 0 bridgehead atoms. The van der Waals surface area contributed by atoms with Crippen molar-refractivity contribution in [2.24, 2.45) is 5.73 Å². The summed E-state index contributed by atoms with van der Waals surface area (Å²) in [5, 5.41) is 0. The predicted molar refractivity (Wildman–Crippen MR) is 72.4 cm³/mol. The number of hydrogen-bond acceptors (Lipinski definition) is 2. The van der Waals surface area contributed by atoms with E-state index < -0.39 is 0 Å². The molecule has 1 heterocycles. The fraction of sp³-hybridized carbons (Fsp3) is 0.500. The van der Waals surface area contributed by atoms with Crippen LogP contribution in [0.15, 0.2) is 18.2 Å². The summed E-state index contributed by atoms with van der Waals surface area (Å²) in [6, 6.07) is 6.62. The number of urea groups is 1. The van der Waals surface area contributed by atoms with Gasteiger partial charge < -0.3 is 15.5 Å². The molecule has 1 fully saturated rings. The Morgan fingerprint density at radius 2 is 2.06 bits per heavy atom. The van der Waals surface area contributed by atoms with Crippen LogP contribution in [0, 0.1) is 13.8 Å². The van der Waals surface area contributed by atoms with Crippen LogP contribution in [0.4, 0.5) is 4.79 Å². The van der Waals surface area contributed by atoms with Crippen LogP contribution in [0.25, 0.3) is 0 Å². The van der Waals surface area contributed by atoms with Gasteiger partial charge in [-0.1, -0.05) is 18.2 Å². The number of rotatable bonds is 3. The summed E-state index contributed by atoms with van der Waals surface area (Å²) in [4.78, 5) is 15.7. The first-order valence-corrected chi connectivity index (χ1v) is 6.33. The molecule has 18 heavy (non-hydrogen) atoms. The van der Waals surface area contributed by atoms with E-state index in [0.29, 0.717) is 13.1 Å². The molecule has 1 atom stereocenters. The van der Waals surface area contributed by atoms with Crippen molar-refractivity contribution in [2.45, 2.75) is 19.9 Å². The largest absolute Gasteiger partial charge is 0.329 e. The second-order valence-corrected chi connectivity index (χ2v) is 4.99. The van der Waals surface area contributed by atoms with E-state index in [-0.39, 0.29) is 12.1 Å². The number of hydrogen-bond donors (Lipinski definition) is 1. The minimum Gasteiger partial charge on any atom is -0.329 e. The summed E-state index contributed by atoms with van der Waals surface area (Å²) >= 11 is 0. The van der Waals surface area contributed by atoms with Crippen molar-refractivity contribution in [3.05, 3.63) is 34.9 Å². The lowest BCUT2D eigenvalue weighted by Gasteiger charge is -2.19. The van der Waals surface area contributed by atoms with Crippen molar-refractivity contribution in [3.63, 3.8) is 0 Å². The molecule has 1 saturated heterocycles. The quantitative estimate of drug-likeness (QED) is 0.883. The molecule has 0 aromatic heterocycles. The lowest BCUT2D eigenvalue weighted by molar-refractivity contribution is 0.196. The highest BCUT2D eigenvalue weighted by molar-refractivity contribution is 5.77. The van der Waals surface area contributed by atoms with Gasteiger partial charge in [0.25, 0.3) is 0 Å². The maximum Gasteiger partial charge on any atom is 0.320 e. The van der Waals surface area contributed by atoms with Gasteiger partial charge in [-0.3, -0.25) is 0 Å². The minimum atomic E-state index is 0.0729. The van der Waals surface area contributed by atoms with Gasteiger partial charge in [0.2, 0.25) is 0 Å². The van der Waals surface area contributed by atoms with Crippen molar-refractivity contribution >= 4 is 6.03 Å². The van der Waals surface area contributed by atoms with Gasteiger partial charge in [-0.2, -0.15) is 0 Å². The van der Waals surface area contributed by atoms with E-state index in [1.807, 2.05) is 11.9 Å². The average molecular weight is 247 g/mol. The number of carbonyl (C=O) groups is 1. The van der Waals surface area contributed by atoms with Crippen LogP contribution in [0.3, 0.4) is 0 Å². The smallest absolute Gasteiger partial charge is 0.320 e. The number of amides is 2. The van der Waals surface area contributed by atoms with Crippen LogP contribution in [-0.2, 0) is 0 Å².